The van der Waals surface area contributed by atoms with Crippen molar-refractivity contribution >= 4 is 69.7 Å². The lowest BCUT2D eigenvalue weighted by atomic mass is 10.0. The molecule has 3 aromatic carbocycles. The van der Waals surface area contributed by atoms with Crippen LogP contribution in [0.2, 0.25) is 5.02 Å². The van der Waals surface area contributed by atoms with E-state index in [4.69, 9.17) is 26.1 Å². The van der Waals surface area contributed by atoms with Gasteiger partial charge in [-0.2, -0.15) is 0 Å². The summed E-state index contributed by atoms with van der Waals surface area (Å²) in [5, 5.41) is 8.80. The fourth-order valence-electron chi connectivity index (χ4n) is 7.35. The Morgan fingerprint density at radius 3 is 2.51 bits per heavy atom. The van der Waals surface area contributed by atoms with Gasteiger partial charge in [0.1, 0.15) is 17.7 Å². The molecule has 3 aromatic rings. The minimum Gasteiger partial charge on any atom is -0.382 e. The van der Waals surface area contributed by atoms with Crippen LogP contribution in [0, 0.1) is 5.82 Å². The first-order chi connectivity index (χ1) is 27.5. The summed E-state index contributed by atoms with van der Waals surface area (Å²) >= 11 is 6.33. The van der Waals surface area contributed by atoms with Gasteiger partial charge in [0.25, 0.3) is 18.2 Å². The van der Waals surface area contributed by atoms with Crippen LogP contribution in [0.25, 0.3) is 0 Å². The normalized spacial score (nSPS) is 19.7. The van der Waals surface area contributed by atoms with Gasteiger partial charge in [0.15, 0.2) is 0 Å². The minimum absolute atomic E-state index is 0.0327. The van der Waals surface area contributed by atoms with E-state index in [0.717, 1.165) is 4.90 Å². The highest BCUT2D eigenvalue weighted by Crippen LogP contribution is 2.40. The Hall–Kier alpha value is -5.52. The maximum absolute atomic E-state index is 14.3. The number of imide groups is 2. The zero-order valence-corrected chi connectivity index (χ0v) is 31.3. The van der Waals surface area contributed by atoms with Gasteiger partial charge in [0.05, 0.1) is 73.6 Å². The molecule has 0 aromatic heterocycles. The van der Waals surface area contributed by atoms with Crippen molar-refractivity contribution < 1.29 is 46.6 Å². The van der Waals surface area contributed by atoms with Gasteiger partial charge in [0, 0.05) is 42.3 Å². The predicted octanol–water partition coefficient (Wildman–Crippen LogP) is 4.59. The summed E-state index contributed by atoms with van der Waals surface area (Å²) in [5.41, 5.74) is 2.32. The number of nitrogens with one attached hydrogen (secondary N) is 3. The zero-order valence-electron chi connectivity index (χ0n) is 30.6. The number of alkyl halides is 2. The van der Waals surface area contributed by atoms with Crippen molar-refractivity contribution in [3.8, 4) is 0 Å². The second-order valence-corrected chi connectivity index (χ2v) is 14.2. The maximum Gasteiger partial charge on any atom is 0.264 e. The van der Waals surface area contributed by atoms with Gasteiger partial charge in [-0.1, -0.05) is 17.7 Å². The van der Waals surface area contributed by atoms with Crippen molar-refractivity contribution in [2.75, 3.05) is 68.1 Å². The summed E-state index contributed by atoms with van der Waals surface area (Å²) in [6.45, 7) is 1.36. The number of hydrogen-bond acceptors (Lipinski definition) is 10. The van der Waals surface area contributed by atoms with Gasteiger partial charge in [-0.15, -0.1) is 0 Å². The van der Waals surface area contributed by atoms with Gasteiger partial charge in [0.2, 0.25) is 17.7 Å². The molecule has 2 fully saturated rings. The Kier molecular flexibility index (Phi) is 12.1. The molecule has 3 N–H and O–H groups in total. The Bertz CT molecular complexity index is 2120. The van der Waals surface area contributed by atoms with Crippen LogP contribution in [-0.2, 0) is 23.9 Å². The van der Waals surface area contributed by atoms with Crippen molar-refractivity contribution in [2.24, 2.45) is 4.99 Å². The van der Waals surface area contributed by atoms with Crippen LogP contribution in [0.3, 0.4) is 0 Å². The van der Waals surface area contributed by atoms with Gasteiger partial charge in [-0.3, -0.25) is 39.2 Å². The summed E-state index contributed by atoms with van der Waals surface area (Å²) < 4.78 is 53.0. The maximum atomic E-state index is 14.3. The van der Waals surface area contributed by atoms with Crippen molar-refractivity contribution in [1.82, 2.24) is 15.1 Å². The smallest absolute Gasteiger partial charge is 0.264 e. The van der Waals surface area contributed by atoms with Gasteiger partial charge in [-0.05, 0) is 61.4 Å². The van der Waals surface area contributed by atoms with E-state index in [1.165, 1.54) is 29.2 Å². The standard InChI is InChI=1S/C39H39ClF3N7O7/c40-22-4-6-29-26(18-22)36(46-28-19-23(41)5-7-30(28)49(29)21-32(42)43)45-24-10-13-48(20-24)34(52)11-14-56-16-17-57-15-12-44-27-3-1-2-25-35(27)39(55)50(38(25)54)31-8-9-33(51)47-37(31)53/h1-7,18-19,24,31-32,44H,8-17,20-21H2,(H,45,46)(H,47,51,53). The van der Waals surface area contributed by atoms with Crippen LogP contribution in [0.1, 0.15) is 52.0 Å². The molecule has 7 rings (SSSR count). The van der Waals surface area contributed by atoms with Crippen LogP contribution in [0.4, 0.5) is 35.9 Å². The molecule has 2 saturated heterocycles. The number of amidine groups is 1. The molecule has 14 nitrogen and oxygen atoms in total. The number of anilines is 4. The first-order valence-electron chi connectivity index (χ1n) is 18.5. The minimum atomic E-state index is -2.67. The summed E-state index contributed by atoms with van der Waals surface area (Å²) in [7, 11) is 0. The molecule has 0 saturated carbocycles. The van der Waals surface area contributed by atoms with E-state index in [9.17, 15) is 37.1 Å². The molecule has 0 bridgehead atoms. The highest BCUT2D eigenvalue weighted by molar-refractivity contribution is 6.31. The number of piperidine rings is 1. The number of aliphatic imine (C=N–C) groups is 1. The molecule has 4 aliphatic rings. The highest BCUT2D eigenvalue weighted by Gasteiger charge is 2.45. The molecule has 57 heavy (non-hydrogen) atoms. The molecule has 2 atom stereocenters. The van der Waals surface area contributed by atoms with Gasteiger partial charge < -0.3 is 29.9 Å². The topological polar surface area (TPSA) is 162 Å². The first-order valence-corrected chi connectivity index (χ1v) is 18.9. The number of carbonyl (C=O) groups is 5. The van der Waals surface area contributed by atoms with E-state index in [1.54, 1.807) is 35.2 Å². The summed E-state index contributed by atoms with van der Waals surface area (Å²) in [6.07, 6.45) is -1.88. The molecular formula is C39H39ClF3N7O7. The second kappa shape index (κ2) is 17.3. The number of hydrogen-bond donors (Lipinski definition) is 3. The number of fused-ring (bicyclic) bond motifs is 3. The van der Waals surface area contributed by atoms with E-state index < -0.39 is 48.5 Å². The fourth-order valence-corrected chi connectivity index (χ4v) is 7.53. The molecule has 0 radical (unpaired) electrons. The third kappa shape index (κ3) is 8.74. The van der Waals surface area contributed by atoms with Crippen molar-refractivity contribution in [3.05, 3.63) is 82.1 Å². The summed E-state index contributed by atoms with van der Waals surface area (Å²) in [6, 6.07) is 12.2. The summed E-state index contributed by atoms with van der Waals surface area (Å²) in [5.74, 6) is -2.64. The molecule has 18 heteroatoms. The van der Waals surface area contributed by atoms with Crippen molar-refractivity contribution in [2.45, 2.75) is 44.2 Å². The Morgan fingerprint density at radius 1 is 0.930 bits per heavy atom. The number of rotatable bonds is 14. The molecule has 5 amide bonds. The van der Waals surface area contributed by atoms with E-state index in [2.05, 4.69) is 16.0 Å². The molecule has 0 aliphatic carbocycles. The molecule has 4 aliphatic heterocycles. The number of benzene rings is 3. The number of amides is 5. The molecule has 4 heterocycles. The van der Waals surface area contributed by atoms with Crippen LogP contribution >= 0.6 is 11.6 Å². The summed E-state index contributed by atoms with van der Waals surface area (Å²) in [4.78, 5) is 72.1. The average molecular weight is 810 g/mol. The number of likely N-dealkylation sites (tertiary alicyclic amines) is 1. The Balaban J connectivity index is 0.851. The van der Waals surface area contributed by atoms with E-state index >= 15 is 0 Å². The van der Waals surface area contributed by atoms with Crippen LogP contribution in [-0.4, -0.2) is 116 Å². The first kappa shape index (κ1) is 39.7. The van der Waals surface area contributed by atoms with Gasteiger partial charge in [-0.25, -0.2) is 13.2 Å². The van der Waals surface area contributed by atoms with Gasteiger partial charge >= 0.3 is 0 Å². The molecule has 0 spiro atoms. The number of halogens is 4. The van der Waals surface area contributed by atoms with E-state index in [1.807, 2.05) is 0 Å². The average Bonchev–Trinajstić information content (AvgIpc) is 3.72. The third-order valence-electron chi connectivity index (χ3n) is 10.0. The van der Waals surface area contributed by atoms with Crippen LogP contribution < -0.4 is 20.9 Å². The predicted molar refractivity (Wildman–Crippen MR) is 204 cm³/mol. The zero-order chi connectivity index (χ0) is 40.2. The van der Waals surface area contributed by atoms with E-state index in [-0.39, 0.29) is 74.5 Å². The lowest BCUT2D eigenvalue weighted by molar-refractivity contribution is -0.136. The lowest BCUT2D eigenvalue weighted by Crippen LogP contribution is -2.54. The van der Waals surface area contributed by atoms with Crippen molar-refractivity contribution in [3.63, 3.8) is 0 Å². The number of carbonyl (C=O) groups excluding carboxylic acids is 5. The van der Waals surface area contributed by atoms with Crippen LogP contribution in [0.5, 0.6) is 0 Å². The Morgan fingerprint density at radius 2 is 1.72 bits per heavy atom. The second-order valence-electron chi connectivity index (χ2n) is 13.8. The van der Waals surface area contributed by atoms with Crippen LogP contribution in [0.15, 0.2) is 59.6 Å². The quantitative estimate of drug-likeness (QED) is 0.155. The number of ether oxygens (including phenoxy) is 2. The molecule has 2 unspecified atom stereocenters. The monoisotopic (exact) mass is 809 g/mol. The fraction of sp³-hybridized carbons (Fsp3) is 0.385. The molecular weight excluding hydrogens is 771 g/mol. The SMILES string of the molecule is O=C1CCC(N2C(=O)c3cccc(NCCOCCOCCC(=O)N4CCC(N=C5Nc6cc(F)ccc6N(CC(F)F)c6ccc(Cl)cc65)C4)c3C2=O)C(=O)N1. The number of nitrogens with zero attached hydrogens (tertiary/aromatic N) is 4. The third-order valence-corrected chi connectivity index (χ3v) is 10.3. The lowest BCUT2D eigenvalue weighted by Gasteiger charge is -2.27. The largest absolute Gasteiger partial charge is 0.382 e. The Labute approximate surface area is 330 Å². The highest BCUT2D eigenvalue weighted by atomic mass is 35.5. The van der Waals surface area contributed by atoms with E-state index in [0.29, 0.717) is 59.5 Å². The molecule has 300 valence electrons. The van der Waals surface area contributed by atoms with Crippen molar-refractivity contribution in [1.29, 1.82) is 0 Å².